The molecule has 0 unspecified atom stereocenters. The van der Waals surface area contributed by atoms with Crippen LogP contribution in [0.2, 0.25) is 0 Å². The van der Waals surface area contributed by atoms with E-state index in [1.165, 1.54) is 12.1 Å². The summed E-state index contributed by atoms with van der Waals surface area (Å²) >= 11 is 0. The highest BCUT2D eigenvalue weighted by Crippen LogP contribution is 2.27. The van der Waals surface area contributed by atoms with Gasteiger partial charge in [-0.25, -0.2) is 12.7 Å². The second kappa shape index (κ2) is 4.65. The Labute approximate surface area is 111 Å². The molecule has 102 valence electrons. The molecule has 1 aliphatic rings. The van der Waals surface area contributed by atoms with E-state index in [2.05, 4.69) is 0 Å². The minimum Gasteiger partial charge on any atom is -0.368 e. The van der Waals surface area contributed by atoms with Crippen LogP contribution in [0.15, 0.2) is 29.2 Å². The van der Waals surface area contributed by atoms with Crippen molar-refractivity contribution in [1.29, 1.82) is 0 Å². The third-order valence-electron chi connectivity index (χ3n) is 3.07. The van der Waals surface area contributed by atoms with E-state index in [9.17, 15) is 18.0 Å². The van der Waals surface area contributed by atoms with Gasteiger partial charge in [0.15, 0.2) is 0 Å². The number of primary amides is 1. The van der Waals surface area contributed by atoms with Crippen molar-refractivity contribution in [2.24, 2.45) is 5.73 Å². The first-order valence-electron chi connectivity index (χ1n) is 5.77. The molecule has 2 N–H and O–H groups in total. The number of rotatable bonds is 3. The summed E-state index contributed by atoms with van der Waals surface area (Å²) in [7, 11) is -4.02. The maximum Gasteiger partial charge on any atom is 0.267 e. The van der Waals surface area contributed by atoms with Crippen molar-refractivity contribution < 1.29 is 18.0 Å². The molecule has 0 aliphatic carbocycles. The summed E-state index contributed by atoms with van der Waals surface area (Å²) in [5.41, 5.74) is 6.05. The fourth-order valence-corrected chi connectivity index (χ4v) is 3.66. The normalized spacial score (nSPS) is 19.7. The molecule has 0 saturated carbocycles. The molecule has 0 aromatic heterocycles. The predicted molar refractivity (Wildman–Crippen MR) is 67.4 cm³/mol. The Morgan fingerprint density at radius 2 is 1.89 bits per heavy atom. The van der Waals surface area contributed by atoms with Crippen LogP contribution in [-0.4, -0.2) is 30.6 Å². The third kappa shape index (κ3) is 2.33. The van der Waals surface area contributed by atoms with Gasteiger partial charge in [0.2, 0.25) is 11.8 Å². The van der Waals surface area contributed by atoms with E-state index in [4.69, 9.17) is 5.73 Å². The highest BCUT2D eigenvalue weighted by Gasteiger charge is 2.43. The zero-order valence-corrected chi connectivity index (χ0v) is 11.2. The van der Waals surface area contributed by atoms with Crippen molar-refractivity contribution >= 4 is 21.8 Å². The number of benzene rings is 1. The number of carbonyl (C=O) groups is 2. The fraction of sp³-hybridized carbons (Fsp3) is 0.333. The Morgan fingerprint density at radius 1 is 1.32 bits per heavy atom. The molecule has 1 aromatic carbocycles. The molecule has 6 nitrogen and oxygen atoms in total. The van der Waals surface area contributed by atoms with Crippen LogP contribution in [0, 0.1) is 6.92 Å². The number of nitrogens with two attached hydrogens (primary N) is 1. The van der Waals surface area contributed by atoms with Crippen LogP contribution in [0.1, 0.15) is 18.4 Å². The minimum atomic E-state index is -4.02. The number of hydrogen-bond acceptors (Lipinski definition) is 4. The summed E-state index contributed by atoms with van der Waals surface area (Å²) in [4.78, 5) is 23.0. The lowest BCUT2D eigenvalue weighted by molar-refractivity contribution is -0.129. The number of sulfonamides is 1. The monoisotopic (exact) mass is 282 g/mol. The van der Waals surface area contributed by atoms with Crippen molar-refractivity contribution in [3.63, 3.8) is 0 Å². The summed E-state index contributed by atoms with van der Waals surface area (Å²) in [6, 6.07) is 5.00. The van der Waals surface area contributed by atoms with Crippen LogP contribution in [-0.2, 0) is 19.6 Å². The van der Waals surface area contributed by atoms with Crippen LogP contribution in [0.25, 0.3) is 0 Å². The molecule has 0 spiro atoms. The molecular formula is C12H14N2O4S. The van der Waals surface area contributed by atoms with Gasteiger partial charge in [-0.05, 0) is 25.5 Å². The van der Waals surface area contributed by atoms with Gasteiger partial charge in [-0.15, -0.1) is 0 Å². The maximum atomic E-state index is 12.4. The number of hydrogen-bond donors (Lipinski definition) is 1. The largest absolute Gasteiger partial charge is 0.368 e. The van der Waals surface area contributed by atoms with Crippen molar-refractivity contribution in [2.75, 3.05) is 0 Å². The van der Waals surface area contributed by atoms with Crippen molar-refractivity contribution in [2.45, 2.75) is 30.7 Å². The summed E-state index contributed by atoms with van der Waals surface area (Å²) in [6.07, 6.45) is 0.151. The van der Waals surface area contributed by atoms with Gasteiger partial charge >= 0.3 is 0 Å². The van der Waals surface area contributed by atoms with Crippen LogP contribution in [0.3, 0.4) is 0 Å². The second-order valence-corrected chi connectivity index (χ2v) is 6.28. The van der Waals surface area contributed by atoms with Gasteiger partial charge in [-0.2, -0.15) is 0 Å². The highest BCUT2D eigenvalue weighted by atomic mass is 32.2. The van der Waals surface area contributed by atoms with Crippen LogP contribution >= 0.6 is 0 Å². The average Bonchev–Trinajstić information content (AvgIpc) is 2.72. The van der Waals surface area contributed by atoms with E-state index in [1.807, 2.05) is 6.92 Å². The molecule has 2 rings (SSSR count). The molecule has 1 aromatic rings. The Morgan fingerprint density at radius 3 is 2.42 bits per heavy atom. The van der Waals surface area contributed by atoms with Gasteiger partial charge in [0.05, 0.1) is 4.90 Å². The molecule has 1 fully saturated rings. The first-order chi connectivity index (χ1) is 8.84. The topological polar surface area (TPSA) is 97.5 Å². The fourth-order valence-electron chi connectivity index (χ4n) is 2.04. The molecule has 1 aliphatic heterocycles. The number of amides is 2. The molecule has 0 bridgehead atoms. The van der Waals surface area contributed by atoms with Gasteiger partial charge < -0.3 is 5.73 Å². The molecule has 1 saturated heterocycles. The Kier molecular flexibility index (Phi) is 3.32. The van der Waals surface area contributed by atoms with E-state index < -0.39 is 27.9 Å². The molecule has 7 heteroatoms. The number of nitrogens with zero attached hydrogens (tertiary/aromatic N) is 1. The van der Waals surface area contributed by atoms with E-state index in [0.717, 1.165) is 5.56 Å². The minimum absolute atomic E-state index is 0.0126. The zero-order chi connectivity index (χ0) is 14.2. The van der Waals surface area contributed by atoms with Crippen LogP contribution in [0.4, 0.5) is 0 Å². The molecule has 1 heterocycles. The summed E-state index contributed by atoms with van der Waals surface area (Å²) in [6.45, 7) is 1.82. The maximum absolute atomic E-state index is 12.4. The number of aryl methyl sites for hydroxylation is 1. The van der Waals surface area contributed by atoms with Crippen molar-refractivity contribution in [3.05, 3.63) is 29.8 Å². The van der Waals surface area contributed by atoms with Gasteiger partial charge in [-0.1, -0.05) is 17.7 Å². The summed E-state index contributed by atoms with van der Waals surface area (Å²) in [5, 5.41) is 0. The smallest absolute Gasteiger partial charge is 0.267 e. The highest BCUT2D eigenvalue weighted by molar-refractivity contribution is 7.89. The molecule has 1 atom stereocenters. The average molecular weight is 282 g/mol. The molecule has 19 heavy (non-hydrogen) atoms. The van der Waals surface area contributed by atoms with E-state index in [0.29, 0.717) is 4.31 Å². The van der Waals surface area contributed by atoms with Gasteiger partial charge in [0, 0.05) is 6.42 Å². The molecule has 2 amide bonds. The van der Waals surface area contributed by atoms with E-state index in [1.54, 1.807) is 12.1 Å². The predicted octanol–water partition coefficient (Wildman–Crippen LogP) is 0.160. The van der Waals surface area contributed by atoms with Gasteiger partial charge in [0.25, 0.3) is 10.0 Å². The first-order valence-corrected chi connectivity index (χ1v) is 7.21. The quantitative estimate of drug-likeness (QED) is 0.853. The summed E-state index contributed by atoms with van der Waals surface area (Å²) < 4.78 is 25.3. The Balaban J connectivity index is 2.46. The van der Waals surface area contributed by atoms with Crippen molar-refractivity contribution in [1.82, 2.24) is 4.31 Å². The van der Waals surface area contributed by atoms with Crippen LogP contribution in [0.5, 0.6) is 0 Å². The standard InChI is InChI=1S/C12H14N2O4S/c1-8-2-4-9(5-3-8)19(17,18)14-10(12(13)16)6-7-11(14)15/h2-5,10H,6-7H2,1H3,(H2,13,16)/t10-/m0/s1. The Bertz CT molecular complexity index is 622. The first kappa shape index (κ1) is 13.5. The van der Waals surface area contributed by atoms with Gasteiger partial charge in [-0.3, -0.25) is 9.59 Å². The lowest BCUT2D eigenvalue weighted by atomic mass is 10.2. The van der Waals surface area contributed by atoms with Gasteiger partial charge in [0.1, 0.15) is 6.04 Å². The molecular weight excluding hydrogens is 268 g/mol. The lowest BCUT2D eigenvalue weighted by Gasteiger charge is -2.22. The SMILES string of the molecule is Cc1ccc(S(=O)(=O)N2C(=O)CC[C@H]2C(N)=O)cc1. The van der Waals surface area contributed by atoms with Crippen molar-refractivity contribution in [3.8, 4) is 0 Å². The summed E-state index contributed by atoms with van der Waals surface area (Å²) in [5.74, 6) is -1.40. The lowest BCUT2D eigenvalue weighted by Crippen LogP contribution is -2.45. The third-order valence-corrected chi connectivity index (χ3v) is 4.91. The van der Waals surface area contributed by atoms with E-state index >= 15 is 0 Å². The Hall–Kier alpha value is -1.89. The van der Waals surface area contributed by atoms with Crippen LogP contribution < -0.4 is 5.73 Å². The van der Waals surface area contributed by atoms with E-state index in [-0.39, 0.29) is 17.7 Å². The second-order valence-electron chi connectivity index (χ2n) is 4.46. The zero-order valence-electron chi connectivity index (χ0n) is 10.4. The number of carbonyl (C=O) groups excluding carboxylic acids is 2. The molecule has 0 radical (unpaired) electrons.